The number of carbonyl (C=O) groups is 2. The molecule has 7 nitrogen and oxygen atoms in total. The van der Waals surface area contributed by atoms with Crippen LogP contribution in [0.2, 0.25) is 5.02 Å². The fraction of sp³-hybridized carbons (Fsp3) is 0.160. The molecule has 3 N–H and O–H groups in total. The molecule has 0 fully saturated rings. The Bertz CT molecular complexity index is 1380. The summed E-state index contributed by atoms with van der Waals surface area (Å²) in [6.45, 7) is 3.69. The number of nitrogens with two attached hydrogens (primary N) is 1. The number of nitrogens with one attached hydrogen (secondary N) is 1. The first-order chi connectivity index (χ1) is 16.3. The Balaban J connectivity index is 1.87. The van der Waals surface area contributed by atoms with E-state index in [-0.39, 0.29) is 18.2 Å². The highest BCUT2D eigenvalue weighted by Gasteiger charge is 2.27. The van der Waals surface area contributed by atoms with E-state index >= 15 is 0 Å². The van der Waals surface area contributed by atoms with Gasteiger partial charge in [0, 0.05) is 21.7 Å². The zero-order valence-corrected chi connectivity index (χ0v) is 20.3. The molecule has 2 aromatic carbocycles. The van der Waals surface area contributed by atoms with E-state index in [1.54, 1.807) is 69.5 Å². The van der Waals surface area contributed by atoms with E-state index in [9.17, 15) is 9.59 Å². The van der Waals surface area contributed by atoms with Gasteiger partial charge in [0.1, 0.15) is 15.5 Å². The van der Waals surface area contributed by atoms with Crippen molar-refractivity contribution >= 4 is 56.4 Å². The summed E-state index contributed by atoms with van der Waals surface area (Å²) in [6, 6.07) is 14.0. The van der Waals surface area contributed by atoms with Gasteiger partial charge in [-0.1, -0.05) is 23.7 Å². The summed E-state index contributed by atoms with van der Waals surface area (Å²) in [7, 11) is 1.57. The maximum Gasteiger partial charge on any atom is 0.340 e. The molecule has 4 rings (SSSR count). The van der Waals surface area contributed by atoms with Crippen LogP contribution in [0.4, 0.5) is 11.4 Å². The predicted octanol–water partition coefficient (Wildman–Crippen LogP) is 5.94. The first kappa shape index (κ1) is 23.5. The Labute approximate surface area is 205 Å². The van der Waals surface area contributed by atoms with E-state index in [1.165, 1.54) is 11.3 Å². The maximum absolute atomic E-state index is 13.1. The van der Waals surface area contributed by atoms with Crippen molar-refractivity contribution in [3.63, 3.8) is 0 Å². The van der Waals surface area contributed by atoms with Gasteiger partial charge in [-0.05, 0) is 55.8 Å². The summed E-state index contributed by atoms with van der Waals surface area (Å²) in [5.41, 5.74) is 9.43. The number of thiophene rings is 1. The van der Waals surface area contributed by atoms with Gasteiger partial charge in [0.15, 0.2) is 0 Å². The number of aromatic nitrogens is 1. The van der Waals surface area contributed by atoms with Gasteiger partial charge in [0.05, 0.1) is 30.7 Å². The molecule has 0 saturated carbocycles. The number of halogens is 1. The van der Waals surface area contributed by atoms with Crippen molar-refractivity contribution in [3.05, 3.63) is 69.7 Å². The summed E-state index contributed by atoms with van der Waals surface area (Å²) in [4.78, 5) is 31.4. The Kier molecular flexibility index (Phi) is 6.72. The molecule has 9 heteroatoms. The Morgan fingerprint density at radius 1 is 1.12 bits per heavy atom. The van der Waals surface area contributed by atoms with Gasteiger partial charge in [-0.2, -0.15) is 0 Å². The van der Waals surface area contributed by atoms with Crippen molar-refractivity contribution in [2.45, 2.75) is 13.8 Å². The molecule has 0 bridgehead atoms. The molecule has 34 heavy (non-hydrogen) atoms. The van der Waals surface area contributed by atoms with Crippen LogP contribution in [0.1, 0.15) is 32.6 Å². The Morgan fingerprint density at radius 3 is 2.41 bits per heavy atom. The van der Waals surface area contributed by atoms with Crippen LogP contribution in [0.5, 0.6) is 5.75 Å². The van der Waals surface area contributed by atoms with Crippen molar-refractivity contribution in [1.29, 1.82) is 0 Å². The highest BCUT2D eigenvalue weighted by molar-refractivity contribution is 7.21. The fourth-order valence-corrected chi connectivity index (χ4v) is 4.83. The fourth-order valence-electron chi connectivity index (χ4n) is 3.65. The topological polar surface area (TPSA) is 104 Å². The molecule has 0 aliphatic heterocycles. The molecule has 2 aromatic heterocycles. The van der Waals surface area contributed by atoms with Gasteiger partial charge >= 0.3 is 5.97 Å². The van der Waals surface area contributed by atoms with Crippen LogP contribution >= 0.6 is 22.9 Å². The van der Waals surface area contributed by atoms with Crippen LogP contribution in [0.15, 0.2) is 48.5 Å². The number of methoxy groups -OCH3 is 1. The van der Waals surface area contributed by atoms with E-state index in [4.69, 9.17) is 26.8 Å². The van der Waals surface area contributed by atoms with Crippen LogP contribution in [0.3, 0.4) is 0 Å². The molecule has 4 aromatic rings. The number of nitrogen functional groups attached to an aromatic ring is 1. The van der Waals surface area contributed by atoms with Crippen molar-refractivity contribution in [3.8, 4) is 16.9 Å². The van der Waals surface area contributed by atoms with Crippen LogP contribution in [0.25, 0.3) is 21.3 Å². The second-order valence-electron chi connectivity index (χ2n) is 7.38. The second kappa shape index (κ2) is 9.70. The molecule has 0 radical (unpaired) electrons. The van der Waals surface area contributed by atoms with Gasteiger partial charge in [0.2, 0.25) is 0 Å². The maximum atomic E-state index is 13.1. The highest BCUT2D eigenvalue weighted by atomic mass is 35.5. The van der Waals surface area contributed by atoms with E-state index in [0.717, 1.165) is 5.56 Å². The molecular weight excluding hydrogens is 474 g/mol. The number of hydrogen-bond acceptors (Lipinski definition) is 7. The first-order valence-electron chi connectivity index (χ1n) is 10.4. The third-order valence-electron chi connectivity index (χ3n) is 5.22. The largest absolute Gasteiger partial charge is 0.497 e. The molecule has 0 spiro atoms. The SMILES string of the molecule is CCOC(=O)c1c(C)nc2sc(C(=O)Nc3ccc(OC)cc3)c(N)c2c1-c1ccc(Cl)cc1. The summed E-state index contributed by atoms with van der Waals surface area (Å²) in [5, 5.41) is 3.93. The van der Waals surface area contributed by atoms with Crippen molar-refractivity contribution in [1.82, 2.24) is 4.98 Å². The number of nitrogens with zero attached hydrogens (tertiary/aromatic N) is 1. The standard InChI is InChI=1S/C25H22ClN3O4S/c1-4-33-25(31)18-13(2)28-24-20(19(18)14-5-7-15(26)8-6-14)21(27)22(34-24)23(30)29-16-9-11-17(32-3)12-10-16/h5-12H,4,27H2,1-3H3,(H,29,30). The van der Waals surface area contributed by atoms with Gasteiger partial charge in [-0.3, -0.25) is 4.79 Å². The molecule has 174 valence electrons. The number of carbonyl (C=O) groups excluding carboxylic acids is 2. The summed E-state index contributed by atoms with van der Waals surface area (Å²) < 4.78 is 10.5. The number of anilines is 2. The van der Waals surface area contributed by atoms with Crippen LogP contribution < -0.4 is 15.8 Å². The average molecular weight is 496 g/mol. The second-order valence-corrected chi connectivity index (χ2v) is 8.82. The molecular formula is C25H22ClN3O4S. The third kappa shape index (κ3) is 4.42. The van der Waals surface area contributed by atoms with Gasteiger partial charge in [-0.25, -0.2) is 9.78 Å². The van der Waals surface area contributed by atoms with E-state index in [2.05, 4.69) is 10.3 Å². The summed E-state index contributed by atoms with van der Waals surface area (Å²) >= 11 is 7.25. The number of hydrogen-bond donors (Lipinski definition) is 2. The number of aryl methyl sites for hydroxylation is 1. The molecule has 0 atom stereocenters. The smallest absolute Gasteiger partial charge is 0.340 e. The van der Waals surface area contributed by atoms with Crippen molar-refractivity contribution in [2.75, 3.05) is 24.8 Å². The lowest BCUT2D eigenvalue weighted by molar-refractivity contribution is 0.0526. The Hall–Kier alpha value is -3.62. The molecule has 0 unspecified atom stereocenters. The van der Waals surface area contributed by atoms with E-state index < -0.39 is 5.97 Å². The average Bonchev–Trinajstić information content (AvgIpc) is 3.15. The first-order valence-corrected chi connectivity index (χ1v) is 11.6. The molecule has 0 aliphatic rings. The van der Waals surface area contributed by atoms with E-state index in [0.29, 0.717) is 48.4 Å². The normalized spacial score (nSPS) is 10.8. The molecule has 0 aliphatic carbocycles. The zero-order valence-electron chi connectivity index (χ0n) is 18.8. The molecule has 1 amide bonds. The minimum Gasteiger partial charge on any atom is -0.497 e. The number of rotatable bonds is 6. The zero-order chi connectivity index (χ0) is 24.4. The van der Waals surface area contributed by atoms with Crippen molar-refractivity contribution in [2.24, 2.45) is 0 Å². The van der Waals surface area contributed by atoms with Gasteiger partial charge < -0.3 is 20.5 Å². The van der Waals surface area contributed by atoms with Crippen molar-refractivity contribution < 1.29 is 19.1 Å². The number of amides is 1. The van der Waals surface area contributed by atoms with E-state index in [1.807, 2.05) is 0 Å². The number of fused-ring (bicyclic) bond motifs is 1. The minimum absolute atomic E-state index is 0.213. The lowest BCUT2D eigenvalue weighted by Gasteiger charge is -2.14. The summed E-state index contributed by atoms with van der Waals surface area (Å²) in [5.74, 6) is -0.199. The van der Waals surface area contributed by atoms with Gasteiger partial charge in [0.25, 0.3) is 5.91 Å². The van der Waals surface area contributed by atoms with Crippen LogP contribution in [0, 0.1) is 6.92 Å². The number of pyridine rings is 1. The minimum atomic E-state index is -0.505. The predicted molar refractivity (Wildman–Crippen MR) is 136 cm³/mol. The lowest BCUT2D eigenvalue weighted by atomic mass is 9.95. The summed E-state index contributed by atoms with van der Waals surface area (Å²) in [6.07, 6.45) is 0. The molecule has 0 saturated heterocycles. The lowest BCUT2D eigenvalue weighted by Crippen LogP contribution is -2.12. The van der Waals surface area contributed by atoms with Crippen LogP contribution in [-0.4, -0.2) is 30.6 Å². The Morgan fingerprint density at radius 2 is 1.79 bits per heavy atom. The van der Waals surface area contributed by atoms with Crippen LogP contribution in [-0.2, 0) is 4.74 Å². The highest BCUT2D eigenvalue weighted by Crippen LogP contribution is 2.42. The van der Waals surface area contributed by atoms with Gasteiger partial charge in [-0.15, -0.1) is 11.3 Å². The number of benzene rings is 2. The number of ether oxygens (including phenoxy) is 2. The monoisotopic (exact) mass is 495 g/mol. The molecule has 2 heterocycles. The quantitative estimate of drug-likeness (QED) is 0.320. The number of esters is 1. The third-order valence-corrected chi connectivity index (χ3v) is 6.57.